The topological polar surface area (TPSA) is 0 Å². The van der Waals surface area contributed by atoms with E-state index in [1.807, 2.05) is 0 Å². The number of benzene rings is 1. The van der Waals surface area contributed by atoms with Gasteiger partial charge in [-0.1, -0.05) is 72.2 Å². The Morgan fingerprint density at radius 3 is 1.83 bits per heavy atom. The van der Waals surface area contributed by atoms with Gasteiger partial charge in [0.25, 0.3) is 0 Å². The van der Waals surface area contributed by atoms with Crippen LogP contribution in [0.25, 0.3) is 0 Å². The van der Waals surface area contributed by atoms with Gasteiger partial charge in [-0.3, -0.25) is 0 Å². The minimum absolute atomic E-state index is 1.15. The van der Waals surface area contributed by atoms with E-state index in [-0.39, 0.29) is 0 Å². The smallest absolute Gasteiger partial charge is 0.0244 e. The first kappa shape index (κ1) is 19.5. The summed E-state index contributed by atoms with van der Waals surface area (Å²) in [5.41, 5.74) is 5.99. The molecule has 0 aliphatic rings. The summed E-state index contributed by atoms with van der Waals surface area (Å²) in [6, 6.07) is 10.7. The van der Waals surface area contributed by atoms with Gasteiger partial charge in [0.05, 0.1) is 0 Å². The molecule has 0 fully saturated rings. The zero-order valence-corrected chi connectivity index (χ0v) is 15.6. The Labute approximate surface area is 144 Å². The summed E-state index contributed by atoms with van der Waals surface area (Å²) in [7, 11) is 0. The van der Waals surface area contributed by atoms with Gasteiger partial charge in [0.15, 0.2) is 0 Å². The molecule has 0 N–H and O–H groups in total. The predicted molar refractivity (Wildman–Crippen MR) is 105 cm³/mol. The van der Waals surface area contributed by atoms with Crippen molar-refractivity contribution in [2.75, 3.05) is 0 Å². The van der Waals surface area contributed by atoms with Crippen LogP contribution >= 0.6 is 0 Å². The van der Waals surface area contributed by atoms with Crippen molar-refractivity contribution in [3.05, 3.63) is 70.8 Å². The Balaban J connectivity index is 2.22. The van der Waals surface area contributed by atoms with Gasteiger partial charge >= 0.3 is 0 Å². The molecule has 0 heteroatoms. The van der Waals surface area contributed by atoms with Gasteiger partial charge in [-0.25, -0.2) is 0 Å². The standard InChI is InChI=1S/C23H34/c1-5-20(2)12-9-13-21(3)14-10-15-22(4)16-11-19-23-17-7-6-8-18-23/h6-8,12,14,16-18H,5,9-11,13,15,19H2,1-4H3/b20-12+,21-14+,22-16+. The highest BCUT2D eigenvalue weighted by Gasteiger charge is 1.94. The Kier molecular flexibility index (Phi) is 10.1. The van der Waals surface area contributed by atoms with Crippen molar-refractivity contribution < 1.29 is 0 Å². The Bertz CT molecular complexity index is 514. The van der Waals surface area contributed by atoms with Crippen molar-refractivity contribution in [3.8, 4) is 0 Å². The van der Waals surface area contributed by atoms with Crippen LogP contribution < -0.4 is 0 Å². The Hall–Kier alpha value is -1.56. The zero-order chi connectivity index (χ0) is 16.9. The van der Waals surface area contributed by atoms with Crippen LogP contribution in [-0.2, 0) is 6.42 Å². The Morgan fingerprint density at radius 1 is 0.739 bits per heavy atom. The van der Waals surface area contributed by atoms with E-state index < -0.39 is 0 Å². The molecule has 126 valence electrons. The fraction of sp³-hybridized carbons (Fsp3) is 0.478. The van der Waals surface area contributed by atoms with E-state index in [0.29, 0.717) is 0 Å². The molecule has 23 heavy (non-hydrogen) atoms. The molecule has 0 aliphatic carbocycles. The SMILES string of the molecule is CC/C(C)=C/CC/C(C)=C/CC/C(C)=C/CCc1ccccc1. The molecule has 0 radical (unpaired) electrons. The third-order valence-corrected chi connectivity index (χ3v) is 4.39. The molecule has 0 unspecified atom stereocenters. The first-order chi connectivity index (χ1) is 11.1. The zero-order valence-electron chi connectivity index (χ0n) is 15.6. The normalized spacial score (nSPS) is 13.5. The third kappa shape index (κ3) is 9.94. The first-order valence-corrected chi connectivity index (χ1v) is 9.12. The fourth-order valence-electron chi connectivity index (χ4n) is 2.57. The summed E-state index contributed by atoms with van der Waals surface area (Å²) < 4.78 is 0. The maximum Gasteiger partial charge on any atom is -0.0244 e. The van der Waals surface area contributed by atoms with Crippen molar-refractivity contribution in [1.82, 2.24) is 0 Å². The van der Waals surface area contributed by atoms with Crippen molar-refractivity contribution >= 4 is 0 Å². The van der Waals surface area contributed by atoms with Crippen LogP contribution in [0.3, 0.4) is 0 Å². The van der Waals surface area contributed by atoms with E-state index in [9.17, 15) is 0 Å². The largest absolute Gasteiger partial charge is 0.0853 e. The monoisotopic (exact) mass is 310 g/mol. The highest BCUT2D eigenvalue weighted by molar-refractivity contribution is 5.15. The second kappa shape index (κ2) is 11.9. The van der Waals surface area contributed by atoms with Crippen molar-refractivity contribution in [2.45, 2.75) is 72.6 Å². The van der Waals surface area contributed by atoms with Gasteiger partial charge < -0.3 is 0 Å². The van der Waals surface area contributed by atoms with Gasteiger partial charge in [0.1, 0.15) is 0 Å². The second-order valence-corrected chi connectivity index (χ2v) is 6.61. The van der Waals surface area contributed by atoms with Crippen LogP contribution in [0, 0.1) is 0 Å². The van der Waals surface area contributed by atoms with Crippen molar-refractivity contribution in [3.63, 3.8) is 0 Å². The predicted octanol–water partition coefficient (Wildman–Crippen LogP) is 7.43. The van der Waals surface area contributed by atoms with Crippen LogP contribution in [0.15, 0.2) is 65.3 Å². The molecule has 0 spiro atoms. The minimum Gasteiger partial charge on any atom is -0.0853 e. The lowest BCUT2D eigenvalue weighted by Crippen LogP contribution is -1.84. The summed E-state index contributed by atoms with van der Waals surface area (Å²) in [5.74, 6) is 0. The third-order valence-electron chi connectivity index (χ3n) is 4.39. The summed E-state index contributed by atoms with van der Waals surface area (Å²) in [6.07, 6.45) is 15.4. The molecule has 1 aromatic rings. The van der Waals surface area contributed by atoms with Gasteiger partial charge in [0.2, 0.25) is 0 Å². The van der Waals surface area contributed by atoms with Crippen molar-refractivity contribution in [2.24, 2.45) is 0 Å². The molecule has 0 saturated heterocycles. The van der Waals surface area contributed by atoms with E-state index in [4.69, 9.17) is 0 Å². The number of rotatable bonds is 10. The van der Waals surface area contributed by atoms with E-state index in [2.05, 4.69) is 76.3 Å². The summed E-state index contributed by atoms with van der Waals surface area (Å²) in [5, 5.41) is 0. The molecule has 0 heterocycles. The average Bonchev–Trinajstić information content (AvgIpc) is 2.55. The number of aryl methyl sites for hydroxylation is 1. The number of hydrogen-bond acceptors (Lipinski definition) is 0. The number of allylic oxidation sites excluding steroid dienone is 6. The lowest BCUT2D eigenvalue weighted by Gasteiger charge is -2.02. The maximum atomic E-state index is 2.42. The average molecular weight is 311 g/mol. The first-order valence-electron chi connectivity index (χ1n) is 9.12. The number of hydrogen-bond donors (Lipinski definition) is 0. The quantitative estimate of drug-likeness (QED) is 0.394. The molecular formula is C23H34. The molecule has 0 aliphatic heterocycles. The van der Waals surface area contributed by atoms with Gasteiger partial charge in [0, 0.05) is 0 Å². The van der Waals surface area contributed by atoms with Crippen LogP contribution in [0.2, 0.25) is 0 Å². The van der Waals surface area contributed by atoms with Crippen LogP contribution in [-0.4, -0.2) is 0 Å². The molecule has 0 amide bonds. The Morgan fingerprint density at radius 2 is 1.26 bits per heavy atom. The summed E-state index contributed by atoms with van der Waals surface area (Å²) in [6.45, 7) is 8.98. The molecule has 0 nitrogen and oxygen atoms in total. The molecule has 1 rings (SSSR count). The molecule has 0 atom stereocenters. The van der Waals surface area contributed by atoms with Crippen LogP contribution in [0.1, 0.15) is 71.8 Å². The van der Waals surface area contributed by atoms with Gasteiger partial charge in [-0.15, -0.1) is 0 Å². The lowest BCUT2D eigenvalue weighted by atomic mass is 10.0. The molecule has 0 saturated carbocycles. The summed E-state index contributed by atoms with van der Waals surface area (Å²) >= 11 is 0. The minimum atomic E-state index is 1.15. The maximum absolute atomic E-state index is 2.42. The summed E-state index contributed by atoms with van der Waals surface area (Å²) in [4.78, 5) is 0. The van der Waals surface area contributed by atoms with Gasteiger partial charge in [-0.2, -0.15) is 0 Å². The molecule has 0 aromatic heterocycles. The van der Waals surface area contributed by atoms with Crippen LogP contribution in [0.4, 0.5) is 0 Å². The van der Waals surface area contributed by atoms with E-state index >= 15 is 0 Å². The molecule has 1 aromatic carbocycles. The van der Waals surface area contributed by atoms with Crippen LogP contribution in [0.5, 0.6) is 0 Å². The van der Waals surface area contributed by atoms with E-state index in [1.54, 1.807) is 0 Å². The van der Waals surface area contributed by atoms with E-state index in [0.717, 1.165) is 12.8 Å². The molecule has 0 bridgehead atoms. The van der Waals surface area contributed by atoms with Gasteiger partial charge in [-0.05, 0) is 71.3 Å². The molecular weight excluding hydrogens is 276 g/mol. The highest BCUT2D eigenvalue weighted by Crippen LogP contribution is 2.13. The van der Waals surface area contributed by atoms with Crippen molar-refractivity contribution in [1.29, 1.82) is 0 Å². The second-order valence-electron chi connectivity index (χ2n) is 6.61. The lowest BCUT2D eigenvalue weighted by molar-refractivity contribution is 0.900. The highest BCUT2D eigenvalue weighted by atomic mass is 14.0. The van der Waals surface area contributed by atoms with E-state index in [1.165, 1.54) is 54.4 Å². The fourth-order valence-corrected chi connectivity index (χ4v) is 2.57.